The maximum absolute atomic E-state index is 12.6. The van der Waals surface area contributed by atoms with Crippen LogP contribution in [0.5, 0.6) is 0 Å². The quantitative estimate of drug-likeness (QED) is 0.749. The number of hydrogen-bond acceptors (Lipinski definition) is 2. The van der Waals surface area contributed by atoms with E-state index < -0.39 is 0 Å². The fourth-order valence-electron chi connectivity index (χ4n) is 2.57. The van der Waals surface area contributed by atoms with Crippen LogP contribution in [0.15, 0.2) is 53.2 Å². The predicted octanol–water partition coefficient (Wildman–Crippen LogP) is 4.70. The van der Waals surface area contributed by atoms with E-state index in [0.29, 0.717) is 11.1 Å². The van der Waals surface area contributed by atoms with Crippen LogP contribution in [0.2, 0.25) is 5.02 Å². The molecule has 3 rings (SSSR count). The molecule has 0 bridgehead atoms. The van der Waals surface area contributed by atoms with E-state index in [1.807, 2.05) is 48.2 Å². The summed E-state index contributed by atoms with van der Waals surface area (Å²) in [6.45, 7) is 2.00. The van der Waals surface area contributed by atoms with Gasteiger partial charge in [0.25, 0.3) is 0 Å². The second-order valence-electron chi connectivity index (χ2n) is 5.56. The summed E-state index contributed by atoms with van der Waals surface area (Å²) in [5, 5.41) is 0.664. The molecule has 0 aliphatic heterocycles. The zero-order chi connectivity index (χ0) is 15.5. The van der Waals surface area contributed by atoms with Crippen molar-refractivity contribution < 1.29 is 9.21 Å². The molecule has 1 fully saturated rings. The van der Waals surface area contributed by atoms with Gasteiger partial charge in [0.05, 0.1) is 12.3 Å². The Morgan fingerprint density at radius 3 is 2.82 bits per heavy atom. The SMILES string of the molecule is CC(c1ccco1)N(C(=O)/C=C/c1cccc(Cl)c1)C1CC1. The molecule has 0 saturated heterocycles. The molecule has 1 atom stereocenters. The molecule has 1 aliphatic rings. The lowest BCUT2D eigenvalue weighted by molar-refractivity contribution is -0.129. The van der Waals surface area contributed by atoms with E-state index in [4.69, 9.17) is 16.0 Å². The van der Waals surface area contributed by atoms with Crippen molar-refractivity contribution in [2.24, 2.45) is 0 Å². The van der Waals surface area contributed by atoms with Crippen molar-refractivity contribution in [1.29, 1.82) is 0 Å². The van der Waals surface area contributed by atoms with Crippen molar-refractivity contribution in [3.8, 4) is 0 Å². The van der Waals surface area contributed by atoms with Crippen molar-refractivity contribution in [2.75, 3.05) is 0 Å². The van der Waals surface area contributed by atoms with E-state index in [1.165, 1.54) is 0 Å². The Morgan fingerprint density at radius 1 is 1.36 bits per heavy atom. The van der Waals surface area contributed by atoms with E-state index >= 15 is 0 Å². The van der Waals surface area contributed by atoms with E-state index in [0.717, 1.165) is 24.2 Å². The van der Waals surface area contributed by atoms with Crippen LogP contribution in [0.4, 0.5) is 0 Å². The smallest absolute Gasteiger partial charge is 0.247 e. The van der Waals surface area contributed by atoms with Crippen LogP contribution in [0.25, 0.3) is 6.08 Å². The van der Waals surface area contributed by atoms with Crippen LogP contribution in [0.3, 0.4) is 0 Å². The van der Waals surface area contributed by atoms with Crippen LogP contribution in [0, 0.1) is 0 Å². The fourth-order valence-corrected chi connectivity index (χ4v) is 2.77. The lowest BCUT2D eigenvalue weighted by atomic mass is 10.2. The maximum atomic E-state index is 12.6. The number of carbonyl (C=O) groups is 1. The molecule has 4 heteroatoms. The van der Waals surface area contributed by atoms with Gasteiger partial charge in [0.1, 0.15) is 5.76 Å². The number of carbonyl (C=O) groups excluding carboxylic acids is 1. The Labute approximate surface area is 135 Å². The van der Waals surface area contributed by atoms with Gasteiger partial charge in [-0.1, -0.05) is 23.7 Å². The number of rotatable bonds is 5. The molecule has 1 aliphatic carbocycles. The van der Waals surface area contributed by atoms with Gasteiger partial charge in [-0.05, 0) is 55.7 Å². The van der Waals surface area contributed by atoms with Gasteiger partial charge in [0, 0.05) is 17.1 Å². The molecule has 1 saturated carbocycles. The summed E-state index contributed by atoms with van der Waals surface area (Å²) in [6, 6.07) is 11.5. The highest BCUT2D eigenvalue weighted by Gasteiger charge is 2.36. The second kappa shape index (κ2) is 6.41. The van der Waals surface area contributed by atoms with E-state index in [2.05, 4.69) is 0 Å². The molecule has 0 spiro atoms. The Balaban J connectivity index is 1.76. The molecule has 1 aromatic heterocycles. The van der Waals surface area contributed by atoms with Gasteiger partial charge in [-0.3, -0.25) is 4.79 Å². The first-order valence-corrected chi connectivity index (χ1v) is 7.82. The van der Waals surface area contributed by atoms with Gasteiger partial charge in [-0.25, -0.2) is 0 Å². The van der Waals surface area contributed by atoms with Gasteiger partial charge in [-0.15, -0.1) is 0 Å². The maximum Gasteiger partial charge on any atom is 0.247 e. The second-order valence-corrected chi connectivity index (χ2v) is 5.99. The van der Waals surface area contributed by atoms with Crippen LogP contribution < -0.4 is 0 Å². The number of benzene rings is 1. The van der Waals surface area contributed by atoms with Crippen molar-refractivity contribution in [3.63, 3.8) is 0 Å². The third-order valence-corrected chi connectivity index (χ3v) is 4.07. The number of hydrogen-bond donors (Lipinski definition) is 0. The zero-order valence-electron chi connectivity index (χ0n) is 12.4. The first-order valence-electron chi connectivity index (χ1n) is 7.44. The third kappa shape index (κ3) is 3.42. The fraction of sp³-hybridized carbons (Fsp3) is 0.278. The first-order chi connectivity index (χ1) is 10.6. The highest BCUT2D eigenvalue weighted by molar-refractivity contribution is 6.30. The van der Waals surface area contributed by atoms with E-state index in [9.17, 15) is 4.79 Å². The normalized spacial score (nSPS) is 15.9. The summed E-state index contributed by atoms with van der Waals surface area (Å²) in [5.74, 6) is 0.822. The summed E-state index contributed by atoms with van der Waals surface area (Å²) in [6.07, 6.45) is 7.18. The molecule has 1 amide bonds. The Hall–Kier alpha value is -2.00. The van der Waals surface area contributed by atoms with E-state index in [1.54, 1.807) is 18.4 Å². The van der Waals surface area contributed by atoms with Gasteiger partial charge in [-0.2, -0.15) is 0 Å². The first kappa shape index (κ1) is 14.9. The summed E-state index contributed by atoms with van der Waals surface area (Å²) in [7, 11) is 0. The minimum Gasteiger partial charge on any atom is -0.467 e. The largest absolute Gasteiger partial charge is 0.467 e. The topological polar surface area (TPSA) is 33.5 Å². The third-order valence-electron chi connectivity index (χ3n) is 3.83. The van der Waals surface area contributed by atoms with E-state index in [-0.39, 0.29) is 11.9 Å². The number of amides is 1. The molecule has 0 radical (unpaired) electrons. The van der Waals surface area contributed by atoms with Gasteiger partial charge < -0.3 is 9.32 Å². The Morgan fingerprint density at radius 2 is 2.18 bits per heavy atom. The standard InChI is InChI=1S/C18H18ClNO2/c1-13(17-6-3-11-22-17)20(16-8-9-16)18(21)10-7-14-4-2-5-15(19)12-14/h2-7,10-13,16H,8-9H2,1H3/b10-7+. The average molecular weight is 316 g/mol. The molecule has 22 heavy (non-hydrogen) atoms. The highest BCUT2D eigenvalue weighted by atomic mass is 35.5. The van der Waals surface area contributed by atoms with Crippen molar-refractivity contribution in [2.45, 2.75) is 31.8 Å². The molecule has 1 unspecified atom stereocenters. The minimum absolute atomic E-state index is 0.00590. The lowest BCUT2D eigenvalue weighted by Crippen LogP contribution is -2.34. The Bertz CT molecular complexity index is 674. The average Bonchev–Trinajstić information content (AvgIpc) is 3.17. The molecule has 114 valence electrons. The number of halogens is 1. The highest BCUT2D eigenvalue weighted by Crippen LogP contribution is 2.34. The van der Waals surface area contributed by atoms with Crippen LogP contribution in [0.1, 0.15) is 37.1 Å². The number of furan rings is 1. The molecular weight excluding hydrogens is 298 g/mol. The van der Waals surface area contributed by atoms with Crippen molar-refractivity contribution in [1.82, 2.24) is 4.90 Å². The molecule has 2 aromatic rings. The zero-order valence-corrected chi connectivity index (χ0v) is 13.2. The van der Waals surface area contributed by atoms with Gasteiger partial charge in [0.2, 0.25) is 5.91 Å². The lowest BCUT2D eigenvalue weighted by Gasteiger charge is -2.26. The predicted molar refractivity (Wildman–Crippen MR) is 87.5 cm³/mol. The van der Waals surface area contributed by atoms with Gasteiger partial charge in [0.15, 0.2) is 0 Å². The summed E-state index contributed by atoms with van der Waals surface area (Å²) in [4.78, 5) is 14.5. The summed E-state index contributed by atoms with van der Waals surface area (Å²) in [5.41, 5.74) is 0.919. The minimum atomic E-state index is -0.0565. The monoisotopic (exact) mass is 315 g/mol. The van der Waals surface area contributed by atoms with Crippen molar-refractivity contribution >= 4 is 23.6 Å². The molecule has 1 heterocycles. The van der Waals surface area contributed by atoms with Gasteiger partial charge >= 0.3 is 0 Å². The molecular formula is C18H18ClNO2. The van der Waals surface area contributed by atoms with Crippen LogP contribution >= 0.6 is 11.6 Å². The number of nitrogens with zero attached hydrogens (tertiary/aromatic N) is 1. The van der Waals surface area contributed by atoms with Crippen LogP contribution in [-0.2, 0) is 4.79 Å². The summed E-state index contributed by atoms with van der Waals surface area (Å²) >= 11 is 5.96. The van der Waals surface area contributed by atoms with Crippen molar-refractivity contribution in [3.05, 3.63) is 65.1 Å². The summed E-state index contributed by atoms with van der Waals surface area (Å²) < 4.78 is 5.45. The Kier molecular flexibility index (Phi) is 4.34. The molecule has 3 nitrogen and oxygen atoms in total. The van der Waals surface area contributed by atoms with Crippen LogP contribution in [-0.4, -0.2) is 16.8 Å². The molecule has 1 aromatic carbocycles. The molecule has 0 N–H and O–H groups in total.